The predicted octanol–water partition coefficient (Wildman–Crippen LogP) is 2.83. The van der Waals surface area contributed by atoms with Gasteiger partial charge in [0.05, 0.1) is 5.69 Å². The van der Waals surface area contributed by atoms with Gasteiger partial charge >= 0.3 is 0 Å². The van der Waals surface area contributed by atoms with Gasteiger partial charge in [0.15, 0.2) is 0 Å². The minimum absolute atomic E-state index is 0.252. The number of hydrogen-bond acceptors (Lipinski definition) is 6. The Morgan fingerprint density at radius 1 is 1.22 bits per heavy atom. The van der Waals surface area contributed by atoms with Gasteiger partial charge in [-0.15, -0.1) is 11.5 Å². The molecule has 0 amide bonds. The molecular weight excluding hydrogens is 340 g/mol. The van der Waals surface area contributed by atoms with E-state index in [0.717, 1.165) is 41.6 Å². The zero-order chi connectivity index (χ0) is 18.6. The summed E-state index contributed by atoms with van der Waals surface area (Å²) in [5, 5.41) is 14.1. The van der Waals surface area contributed by atoms with E-state index in [1.807, 2.05) is 18.2 Å². The largest absolute Gasteiger partial charge is 0.481 e. The van der Waals surface area contributed by atoms with Crippen LogP contribution in [-0.2, 0) is 12.8 Å². The first-order valence-electron chi connectivity index (χ1n) is 8.57. The standard InChI is InChI=1S/C20H18N6O/c1-3-10-27-17-5-7-19-15(13-17)11-14-12-16(21-2)4-6-18(14)26(19)9-8-20-22-24-25-23-20/h1,4-7,12-13H,2,8-11H2,(H,22,23,24,25). The molecule has 27 heavy (non-hydrogen) atoms. The number of fused-ring (bicyclic) bond motifs is 2. The highest BCUT2D eigenvalue weighted by Crippen LogP contribution is 2.41. The van der Waals surface area contributed by atoms with Crippen LogP contribution in [0.4, 0.5) is 17.1 Å². The maximum atomic E-state index is 5.59. The van der Waals surface area contributed by atoms with Crippen molar-refractivity contribution in [2.45, 2.75) is 12.8 Å². The molecule has 1 aliphatic heterocycles. The lowest BCUT2D eigenvalue weighted by Gasteiger charge is -2.33. The van der Waals surface area contributed by atoms with Gasteiger partial charge in [-0.05, 0) is 64.7 Å². The minimum atomic E-state index is 0.252. The number of terminal acetylenes is 1. The van der Waals surface area contributed by atoms with E-state index in [-0.39, 0.29) is 6.61 Å². The molecule has 4 rings (SSSR count). The fraction of sp³-hybridized carbons (Fsp3) is 0.200. The highest BCUT2D eigenvalue weighted by Gasteiger charge is 2.23. The number of rotatable bonds is 6. The molecule has 0 saturated carbocycles. The van der Waals surface area contributed by atoms with Gasteiger partial charge in [-0.1, -0.05) is 5.92 Å². The molecule has 0 radical (unpaired) electrons. The molecule has 7 nitrogen and oxygen atoms in total. The van der Waals surface area contributed by atoms with Crippen LogP contribution in [0.1, 0.15) is 17.0 Å². The lowest BCUT2D eigenvalue weighted by molar-refractivity contribution is 0.370. The summed E-state index contributed by atoms with van der Waals surface area (Å²) in [6.45, 7) is 4.62. The maximum absolute atomic E-state index is 5.59. The molecule has 3 aromatic rings. The van der Waals surface area contributed by atoms with Crippen LogP contribution in [0.15, 0.2) is 41.4 Å². The summed E-state index contributed by atoms with van der Waals surface area (Å²) >= 11 is 0. The van der Waals surface area contributed by atoms with E-state index in [2.05, 4.69) is 61.4 Å². The van der Waals surface area contributed by atoms with Crippen LogP contribution in [0, 0.1) is 12.3 Å². The first-order valence-corrected chi connectivity index (χ1v) is 8.57. The molecule has 0 spiro atoms. The summed E-state index contributed by atoms with van der Waals surface area (Å²) in [5.74, 6) is 4.02. The van der Waals surface area contributed by atoms with Gasteiger partial charge in [0, 0.05) is 30.8 Å². The van der Waals surface area contributed by atoms with E-state index < -0.39 is 0 Å². The topological polar surface area (TPSA) is 79.3 Å². The Morgan fingerprint density at radius 3 is 2.78 bits per heavy atom. The number of ether oxygens (including phenoxy) is 1. The van der Waals surface area contributed by atoms with Crippen molar-refractivity contribution in [3.8, 4) is 18.1 Å². The number of H-pyrrole nitrogens is 1. The molecule has 1 N–H and O–H groups in total. The van der Waals surface area contributed by atoms with Crippen LogP contribution in [0.5, 0.6) is 5.75 Å². The van der Waals surface area contributed by atoms with Gasteiger partial charge in [0.1, 0.15) is 18.2 Å². The Labute approximate surface area is 157 Å². The third-order valence-electron chi connectivity index (χ3n) is 4.54. The Bertz CT molecular complexity index is 1010. The number of tetrazole rings is 1. The predicted molar refractivity (Wildman–Crippen MR) is 104 cm³/mol. The Kier molecular flexibility index (Phi) is 4.54. The lowest BCUT2D eigenvalue weighted by Crippen LogP contribution is -2.26. The molecule has 0 unspecified atom stereocenters. The van der Waals surface area contributed by atoms with Crippen LogP contribution >= 0.6 is 0 Å². The van der Waals surface area contributed by atoms with Crippen LogP contribution < -0.4 is 9.64 Å². The van der Waals surface area contributed by atoms with Gasteiger partial charge in [-0.3, -0.25) is 4.99 Å². The average Bonchev–Trinajstić information content (AvgIpc) is 3.22. The minimum Gasteiger partial charge on any atom is -0.481 e. The average molecular weight is 358 g/mol. The smallest absolute Gasteiger partial charge is 0.150 e. The van der Waals surface area contributed by atoms with Gasteiger partial charge < -0.3 is 9.64 Å². The number of aromatic amines is 1. The highest BCUT2D eigenvalue weighted by atomic mass is 16.5. The van der Waals surface area contributed by atoms with Crippen molar-refractivity contribution < 1.29 is 4.74 Å². The zero-order valence-corrected chi connectivity index (χ0v) is 14.7. The van der Waals surface area contributed by atoms with Crippen LogP contribution in [0.25, 0.3) is 0 Å². The number of nitrogens with one attached hydrogen (secondary N) is 1. The lowest BCUT2D eigenvalue weighted by atomic mass is 9.94. The summed E-state index contributed by atoms with van der Waals surface area (Å²) in [5.41, 5.74) is 5.52. The number of aromatic nitrogens is 4. The molecule has 0 fully saturated rings. The fourth-order valence-electron chi connectivity index (χ4n) is 3.33. The second-order valence-electron chi connectivity index (χ2n) is 6.18. The molecule has 134 valence electrons. The SMILES string of the molecule is C#CCOc1ccc2c(c1)Cc1cc(N=C)ccc1N2CCc1nnn[nH]1. The van der Waals surface area contributed by atoms with Crippen molar-refractivity contribution in [3.63, 3.8) is 0 Å². The number of aliphatic imine (C=N–C) groups is 1. The van der Waals surface area contributed by atoms with Gasteiger partial charge in [-0.25, -0.2) is 5.10 Å². The van der Waals surface area contributed by atoms with Crippen molar-refractivity contribution in [2.24, 2.45) is 4.99 Å². The fourth-order valence-corrected chi connectivity index (χ4v) is 3.33. The van der Waals surface area contributed by atoms with E-state index in [4.69, 9.17) is 11.2 Å². The molecular formula is C20H18N6O. The van der Waals surface area contributed by atoms with Gasteiger partial charge in [-0.2, -0.15) is 0 Å². The zero-order valence-electron chi connectivity index (χ0n) is 14.7. The number of benzene rings is 2. The van der Waals surface area contributed by atoms with Crippen molar-refractivity contribution >= 4 is 23.8 Å². The summed E-state index contributed by atoms with van der Waals surface area (Å²) < 4.78 is 5.59. The van der Waals surface area contributed by atoms with E-state index in [9.17, 15) is 0 Å². The molecule has 0 atom stereocenters. The number of hydrogen-bond donors (Lipinski definition) is 1. The Hall–Kier alpha value is -3.66. The van der Waals surface area contributed by atoms with E-state index in [1.165, 1.54) is 11.1 Å². The second kappa shape index (κ2) is 7.30. The van der Waals surface area contributed by atoms with Crippen LogP contribution in [0.3, 0.4) is 0 Å². The molecule has 2 heterocycles. The van der Waals surface area contributed by atoms with E-state index >= 15 is 0 Å². The molecule has 0 bridgehead atoms. The highest BCUT2D eigenvalue weighted by molar-refractivity contribution is 5.76. The maximum Gasteiger partial charge on any atom is 0.150 e. The Morgan fingerprint density at radius 2 is 2.04 bits per heavy atom. The van der Waals surface area contributed by atoms with Crippen LogP contribution in [-0.4, -0.2) is 40.5 Å². The Balaban J connectivity index is 1.70. The van der Waals surface area contributed by atoms with Gasteiger partial charge in [0.25, 0.3) is 0 Å². The summed E-state index contributed by atoms with van der Waals surface area (Å²) in [6, 6.07) is 12.2. The molecule has 2 aromatic carbocycles. The first kappa shape index (κ1) is 16.8. The van der Waals surface area contributed by atoms with Crippen molar-refractivity contribution in [1.29, 1.82) is 0 Å². The monoisotopic (exact) mass is 358 g/mol. The molecule has 7 heteroatoms. The third kappa shape index (κ3) is 3.37. The van der Waals surface area contributed by atoms with E-state index in [0.29, 0.717) is 6.42 Å². The van der Waals surface area contributed by atoms with Crippen molar-refractivity contribution in [3.05, 3.63) is 53.3 Å². The summed E-state index contributed by atoms with van der Waals surface area (Å²) in [7, 11) is 0. The first-order chi connectivity index (χ1) is 13.3. The third-order valence-corrected chi connectivity index (χ3v) is 4.54. The number of nitrogens with zero attached hydrogens (tertiary/aromatic N) is 5. The van der Waals surface area contributed by atoms with Crippen molar-refractivity contribution in [2.75, 3.05) is 18.1 Å². The summed E-state index contributed by atoms with van der Waals surface area (Å²) in [4.78, 5) is 6.33. The summed E-state index contributed by atoms with van der Waals surface area (Å²) in [6.07, 6.45) is 6.79. The quantitative estimate of drug-likeness (QED) is 0.541. The van der Waals surface area contributed by atoms with E-state index in [1.54, 1.807) is 0 Å². The van der Waals surface area contributed by atoms with Crippen molar-refractivity contribution in [1.82, 2.24) is 20.6 Å². The van der Waals surface area contributed by atoms with Gasteiger partial charge in [0.2, 0.25) is 0 Å². The second-order valence-corrected chi connectivity index (χ2v) is 6.18. The normalized spacial score (nSPS) is 12.0. The molecule has 0 saturated heterocycles. The molecule has 1 aromatic heterocycles. The molecule has 0 aliphatic carbocycles. The molecule has 1 aliphatic rings. The van der Waals surface area contributed by atoms with Crippen LogP contribution in [0.2, 0.25) is 0 Å². The number of anilines is 2.